The Hall–Kier alpha value is -0.250. The van der Waals surface area contributed by atoms with Crippen LogP contribution in [0.15, 0.2) is 0 Å². The molecule has 0 saturated heterocycles. The second-order valence-corrected chi connectivity index (χ2v) is 4.21. The standard InChI is InChI=1S/C9H15F3O/c1-6-3-4-7(2)8(13,5-6)9(10,11)12/h6-7,13H,3-5H2,1-2H3. The minimum Gasteiger partial charge on any atom is -0.380 e. The molecule has 1 aliphatic rings. The topological polar surface area (TPSA) is 20.2 Å². The van der Waals surface area contributed by atoms with E-state index in [0.29, 0.717) is 6.42 Å². The Kier molecular flexibility index (Phi) is 2.63. The highest BCUT2D eigenvalue weighted by atomic mass is 19.4. The number of rotatable bonds is 0. The summed E-state index contributed by atoms with van der Waals surface area (Å²) in [6.07, 6.45) is -3.41. The van der Waals surface area contributed by atoms with Crippen molar-refractivity contribution in [1.29, 1.82) is 0 Å². The Morgan fingerprint density at radius 3 is 2.15 bits per heavy atom. The second-order valence-electron chi connectivity index (χ2n) is 4.21. The molecular weight excluding hydrogens is 181 g/mol. The van der Waals surface area contributed by atoms with Crippen LogP contribution in [0.5, 0.6) is 0 Å². The van der Waals surface area contributed by atoms with Crippen LogP contribution < -0.4 is 0 Å². The SMILES string of the molecule is CC1CCC(C)C(O)(C(F)(F)F)C1. The lowest BCUT2D eigenvalue weighted by atomic mass is 9.72. The Morgan fingerprint density at radius 2 is 1.77 bits per heavy atom. The van der Waals surface area contributed by atoms with Crippen molar-refractivity contribution in [2.75, 3.05) is 0 Å². The van der Waals surface area contributed by atoms with Gasteiger partial charge in [0.2, 0.25) is 0 Å². The van der Waals surface area contributed by atoms with Crippen LogP contribution in [0.25, 0.3) is 0 Å². The van der Waals surface area contributed by atoms with Gasteiger partial charge in [-0.05, 0) is 24.7 Å². The first-order valence-electron chi connectivity index (χ1n) is 4.56. The maximum atomic E-state index is 12.5. The van der Waals surface area contributed by atoms with Crippen molar-refractivity contribution in [3.63, 3.8) is 0 Å². The molecule has 3 unspecified atom stereocenters. The van der Waals surface area contributed by atoms with Gasteiger partial charge < -0.3 is 5.11 Å². The normalized spacial score (nSPS) is 42.0. The van der Waals surface area contributed by atoms with Gasteiger partial charge in [0.15, 0.2) is 5.60 Å². The number of hydrogen-bond donors (Lipinski definition) is 1. The molecule has 1 N–H and O–H groups in total. The van der Waals surface area contributed by atoms with Crippen molar-refractivity contribution in [2.45, 2.75) is 44.9 Å². The van der Waals surface area contributed by atoms with Crippen molar-refractivity contribution in [2.24, 2.45) is 11.8 Å². The first-order chi connectivity index (χ1) is 5.77. The average molecular weight is 196 g/mol. The van der Waals surface area contributed by atoms with E-state index in [1.165, 1.54) is 6.92 Å². The summed E-state index contributed by atoms with van der Waals surface area (Å²) in [5.41, 5.74) is -2.45. The number of halogens is 3. The van der Waals surface area contributed by atoms with Gasteiger partial charge in [-0.3, -0.25) is 0 Å². The average Bonchev–Trinajstić information content (AvgIpc) is 1.95. The van der Waals surface area contributed by atoms with Crippen LogP contribution in [0.3, 0.4) is 0 Å². The van der Waals surface area contributed by atoms with Gasteiger partial charge in [-0.15, -0.1) is 0 Å². The van der Waals surface area contributed by atoms with Gasteiger partial charge in [-0.25, -0.2) is 0 Å². The van der Waals surface area contributed by atoms with Gasteiger partial charge >= 0.3 is 6.18 Å². The van der Waals surface area contributed by atoms with Crippen LogP contribution in [0.1, 0.15) is 33.1 Å². The predicted molar refractivity (Wildman–Crippen MR) is 43.2 cm³/mol. The molecule has 0 aromatic rings. The Bertz CT molecular complexity index is 190. The van der Waals surface area contributed by atoms with Gasteiger partial charge in [0, 0.05) is 0 Å². The molecule has 13 heavy (non-hydrogen) atoms. The Morgan fingerprint density at radius 1 is 1.23 bits per heavy atom. The van der Waals surface area contributed by atoms with Crippen LogP contribution in [-0.2, 0) is 0 Å². The van der Waals surface area contributed by atoms with E-state index in [2.05, 4.69) is 0 Å². The quantitative estimate of drug-likeness (QED) is 0.631. The monoisotopic (exact) mass is 196 g/mol. The van der Waals surface area contributed by atoms with Crippen molar-refractivity contribution < 1.29 is 18.3 Å². The van der Waals surface area contributed by atoms with Crippen LogP contribution in [0.2, 0.25) is 0 Å². The third-order valence-electron chi connectivity index (χ3n) is 3.06. The number of alkyl halides is 3. The van der Waals surface area contributed by atoms with Crippen molar-refractivity contribution in [1.82, 2.24) is 0 Å². The summed E-state index contributed by atoms with van der Waals surface area (Å²) < 4.78 is 37.5. The molecule has 1 fully saturated rings. The van der Waals surface area contributed by atoms with E-state index < -0.39 is 17.7 Å². The van der Waals surface area contributed by atoms with Crippen molar-refractivity contribution >= 4 is 0 Å². The summed E-state index contributed by atoms with van der Waals surface area (Å²) in [5, 5.41) is 9.52. The molecule has 4 heteroatoms. The first kappa shape index (κ1) is 10.8. The molecule has 0 spiro atoms. The molecule has 78 valence electrons. The van der Waals surface area contributed by atoms with E-state index in [1.54, 1.807) is 6.92 Å². The molecule has 1 rings (SSSR count). The minimum absolute atomic E-state index is 0.0391. The molecule has 1 nitrogen and oxygen atoms in total. The number of aliphatic hydroxyl groups is 1. The van der Waals surface area contributed by atoms with Crippen molar-refractivity contribution in [3.05, 3.63) is 0 Å². The van der Waals surface area contributed by atoms with Crippen molar-refractivity contribution in [3.8, 4) is 0 Å². The molecule has 0 amide bonds. The highest BCUT2D eigenvalue weighted by molar-refractivity contribution is 4.95. The summed E-state index contributed by atoms with van der Waals surface area (Å²) in [4.78, 5) is 0. The van der Waals surface area contributed by atoms with Crippen LogP contribution in [0, 0.1) is 11.8 Å². The molecule has 1 saturated carbocycles. The summed E-state index contributed by atoms with van der Waals surface area (Å²) in [6, 6.07) is 0. The van der Waals surface area contributed by atoms with E-state index in [0.717, 1.165) is 6.42 Å². The molecule has 1 aliphatic carbocycles. The third-order valence-corrected chi connectivity index (χ3v) is 3.06. The molecule has 0 radical (unpaired) electrons. The van der Waals surface area contributed by atoms with E-state index in [-0.39, 0.29) is 12.3 Å². The summed E-state index contributed by atoms with van der Waals surface area (Å²) in [5.74, 6) is -0.716. The zero-order valence-corrected chi connectivity index (χ0v) is 7.86. The molecular formula is C9H15F3O. The molecule has 0 aliphatic heterocycles. The Labute approximate surface area is 75.9 Å². The fourth-order valence-corrected chi connectivity index (χ4v) is 2.00. The molecule has 3 atom stereocenters. The smallest absolute Gasteiger partial charge is 0.380 e. The third kappa shape index (κ3) is 1.82. The van der Waals surface area contributed by atoms with E-state index >= 15 is 0 Å². The lowest BCUT2D eigenvalue weighted by molar-refractivity contribution is -0.290. The highest BCUT2D eigenvalue weighted by Crippen LogP contribution is 2.46. The molecule has 0 heterocycles. The van der Waals surface area contributed by atoms with E-state index in [4.69, 9.17) is 0 Å². The van der Waals surface area contributed by atoms with Gasteiger partial charge in [-0.2, -0.15) is 13.2 Å². The fourth-order valence-electron chi connectivity index (χ4n) is 2.00. The maximum Gasteiger partial charge on any atom is 0.417 e. The highest BCUT2D eigenvalue weighted by Gasteiger charge is 2.58. The van der Waals surface area contributed by atoms with Gasteiger partial charge in [0.1, 0.15) is 0 Å². The Balaban J connectivity index is 2.85. The summed E-state index contributed by atoms with van der Waals surface area (Å²) in [6.45, 7) is 3.22. The van der Waals surface area contributed by atoms with Gasteiger partial charge in [-0.1, -0.05) is 20.3 Å². The number of hydrogen-bond acceptors (Lipinski definition) is 1. The first-order valence-corrected chi connectivity index (χ1v) is 4.56. The van der Waals surface area contributed by atoms with Crippen LogP contribution >= 0.6 is 0 Å². The summed E-state index contributed by atoms with van der Waals surface area (Å²) >= 11 is 0. The van der Waals surface area contributed by atoms with E-state index in [1.807, 2.05) is 0 Å². The minimum atomic E-state index is -4.49. The predicted octanol–water partition coefficient (Wildman–Crippen LogP) is 2.74. The van der Waals surface area contributed by atoms with Gasteiger partial charge in [0.05, 0.1) is 0 Å². The molecule has 0 aromatic carbocycles. The lowest BCUT2D eigenvalue weighted by Gasteiger charge is -2.41. The van der Waals surface area contributed by atoms with Crippen LogP contribution in [0.4, 0.5) is 13.2 Å². The lowest BCUT2D eigenvalue weighted by Crippen LogP contribution is -2.53. The summed E-state index contributed by atoms with van der Waals surface area (Å²) in [7, 11) is 0. The maximum absolute atomic E-state index is 12.5. The zero-order valence-electron chi connectivity index (χ0n) is 7.86. The fraction of sp³-hybridized carbons (Fsp3) is 1.00. The molecule has 0 bridgehead atoms. The van der Waals surface area contributed by atoms with E-state index in [9.17, 15) is 18.3 Å². The second kappa shape index (κ2) is 3.15. The molecule has 0 aromatic heterocycles. The zero-order chi connectivity index (χ0) is 10.3. The van der Waals surface area contributed by atoms with Gasteiger partial charge in [0.25, 0.3) is 0 Å². The largest absolute Gasteiger partial charge is 0.417 e. The van der Waals surface area contributed by atoms with Crippen LogP contribution in [-0.4, -0.2) is 16.9 Å².